The van der Waals surface area contributed by atoms with Gasteiger partial charge in [0.2, 0.25) is 0 Å². The predicted octanol–water partition coefficient (Wildman–Crippen LogP) is 3.70. The van der Waals surface area contributed by atoms with Gasteiger partial charge in [-0.3, -0.25) is 0 Å². The van der Waals surface area contributed by atoms with E-state index in [0.29, 0.717) is 12.6 Å². The van der Waals surface area contributed by atoms with Crippen molar-refractivity contribution in [2.24, 2.45) is 0 Å². The molecule has 0 aliphatic rings. The van der Waals surface area contributed by atoms with Crippen LogP contribution in [0.25, 0.3) is 0 Å². The van der Waals surface area contributed by atoms with Crippen molar-refractivity contribution in [2.45, 2.75) is 33.2 Å². The molecule has 0 heterocycles. The topological polar surface area (TPSA) is 21.3 Å². The molecule has 0 fully saturated rings. The van der Waals surface area contributed by atoms with Gasteiger partial charge in [-0.2, -0.15) is 0 Å². The molecule has 0 aromatic heterocycles. The molecule has 1 unspecified atom stereocenters. The molecular weight excluding hydrogens is 210 g/mol. The van der Waals surface area contributed by atoms with Gasteiger partial charge >= 0.3 is 0 Å². The number of nitrogens with one attached hydrogen (secondary N) is 1. The van der Waals surface area contributed by atoms with Crippen molar-refractivity contribution in [1.29, 1.82) is 0 Å². The lowest BCUT2D eigenvalue weighted by molar-refractivity contribution is 0.352. The van der Waals surface area contributed by atoms with Crippen LogP contribution in [-0.4, -0.2) is 13.2 Å². The number of ether oxygens (including phenoxy) is 1. The van der Waals surface area contributed by atoms with E-state index < -0.39 is 0 Å². The number of benzene rings is 1. The maximum absolute atomic E-state index is 5.56. The van der Waals surface area contributed by atoms with Crippen molar-refractivity contribution in [3.63, 3.8) is 0 Å². The molecule has 2 nitrogen and oxygen atoms in total. The van der Waals surface area contributed by atoms with Crippen molar-refractivity contribution in [1.82, 2.24) is 5.32 Å². The summed E-state index contributed by atoms with van der Waals surface area (Å²) in [6.07, 6.45) is 1.16. The Morgan fingerprint density at radius 3 is 2.53 bits per heavy atom. The molecule has 2 heteroatoms. The van der Waals surface area contributed by atoms with Crippen molar-refractivity contribution < 1.29 is 4.74 Å². The molecule has 1 N–H and O–H groups in total. The molecule has 0 aliphatic carbocycles. The van der Waals surface area contributed by atoms with E-state index in [2.05, 4.69) is 37.9 Å². The second kappa shape index (κ2) is 7.13. The lowest BCUT2D eigenvalue weighted by Crippen LogP contribution is -2.19. The van der Waals surface area contributed by atoms with Crippen LogP contribution in [0.1, 0.15) is 38.8 Å². The minimum absolute atomic E-state index is 0.394. The molecule has 0 saturated carbocycles. The highest BCUT2D eigenvalue weighted by atomic mass is 16.5. The lowest BCUT2D eigenvalue weighted by Gasteiger charge is -2.14. The summed E-state index contributed by atoms with van der Waals surface area (Å²) in [6.45, 7) is 11.8. The Labute approximate surface area is 105 Å². The fourth-order valence-corrected chi connectivity index (χ4v) is 1.54. The maximum atomic E-state index is 5.56. The second-order valence-corrected chi connectivity index (χ2v) is 4.49. The van der Waals surface area contributed by atoms with Crippen LogP contribution in [0.3, 0.4) is 0 Å². The summed E-state index contributed by atoms with van der Waals surface area (Å²) in [7, 11) is 0. The number of hydrogen-bond donors (Lipinski definition) is 1. The summed E-state index contributed by atoms with van der Waals surface area (Å²) in [6, 6.07) is 8.65. The van der Waals surface area contributed by atoms with Crippen LogP contribution in [0, 0.1) is 0 Å². The van der Waals surface area contributed by atoms with Gasteiger partial charge in [-0.1, -0.05) is 25.6 Å². The molecule has 1 aromatic rings. The first-order valence-corrected chi connectivity index (χ1v) is 6.24. The standard InChI is InChI=1S/C15H23NO/c1-5-10-16-13(4)14-6-8-15(9-7-14)17-11-12(2)3/h6-9,13,16H,2,5,10-11H2,1,3-4H3. The Kier molecular flexibility index (Phi) is 5.78. The quantitative estimate of drug-likeness (QED) is 0.725. The lowest BCUT2D eigenvalue weighted by atomic mass is 10.1. The van der Waals surface area contributed by atoms with Crippen LogP contribution in [0.15, 0.2) is 36.4 Å². The largest absolute Gasteiger partial charge is 0.489 e. The number of rotatable bonds is 7. The Morgan fingerprint density at radius 1 is 1.35 bits per heavy atom. The van der Waals surface area contributed by atoms with E-state index in [1.807, 2.05) is 19.1 Å². The van der Waals surface area contributed by atoms with Gasteiger partial charge in [-0.05, 0) is 50.1 Å². The van der Waals surface area contributed by atoms with Gasteiger partial charge < -0.3 is 10.1 Å². The van der Waals surface area contributed by atoms with Gasteiger partial charge in [0.1, 0.15) is 12.4 Å². The third-order valence-corrected chi connectivity index (χ3v) is 2.57. The molecule has 1 atom stereocenters. The Bertz CT molecular complexity index is 342. The van der Waals surface area contributed by atoms with Crippen LogP contribution in [-0.2, 0) is 0 Å². The molecule has 1 rings (SSSR count). The zero-order chi connectivity index (χ0) is 12.7. The second-order valence-electron chi connectivity index (χ2n) is 4.49. The summed E-state index contributed by atoms with van der Waals surface area (Å²) in [5, 5.41) is 3.46. The fourth-order valence-electron chi connectivity index (χ4n) is 1.54. The van der Waals surface area contributed by atoms with Crippen molar-refractivity contribution >= 4 is 0 Å². The van der Waals surface area contributed by atoms with Gasteiger partial charge in [0.15, 0.2) is 0 Å². The maximum Gasteiger partial charge on any atom is 0.119 e. The molecule has 1 aromatic carbocycles. The van der Waals surface area contributed by atoms with E-state index in [9.17, 15) is 0 Å². The first-order valence-electron chi connectivity index (χ1n) is 6.24. The van der Waals surface area contributed by atoms with Crippen LogP contribution in [0.5, 0.6) is 5.75 Å². The fraction of sp³-hybridized carbons (Fsp3) is 0.467. The Hall–Kier alpha value is -1.28. The van der Waals surface area contributed by atoms with Crippen LogP contribution >= 0.6 is 0 Å². The third kappa shape index (κ3) is 5.05. The molecular formula is C15H23NO. The Balaban J connectivity index is 2.51. The van der Waals surface area contributed by atoms with Gasteiger partial charge in [-0.25, -0.2) is 0 Å². The SMILES string of the molecule is C=C(C)COc1ccc(C(C)NCCC)cc1. The smallest absolute Gasteiger partial charge is 0.119 e. The first-order chi connectivity index (χ1) is 8.13. The summed E-state index contributed by atoms with van der Waals surface area (Å²) < 4.78 is 5.56. The number of hydrogen-bond acceptors (Lipinski definition) is 2. The highest BCUT2D eigenvalue weighted by Crippen LogP contribution is 2.17. The molecule has 0 bridgehead atoms. The van der Waals surface area contributed by atoms with Gasteiger partial charge in [0.05, 0.1) is 0 Å². The van der Waals surface area contributed by atoms with E-state index in [-0.39, 0.29) is 0 Å². The minimum Gasteiger partial charge on any atom is -0.489 e. The van der Waals surface area contributed by atoms with Crippen LogP contribution in [0.2, 0.25) is 0 Å². The average molecular weight is 233 g/mol. The zero-order valence-corrected chi connectivity index (χ0v) is 11.1. The predicted molar refractivity (Wildman–Crippen MR) is 73.5 cm³/mol. The molecule has 0 spiro atoms. The van der Waals surface area contributed by atoms with Crippen LogP contribution < -0.4 is 10.1 Å². The van der Waals surface area contributed by atoms with Gasteiger partial charge in [0, 0.05) is 6.04 Å². The third-order valence-electron chi connectivity index (χ3n) is 2.57. The van der Waals surface area contributed by atoms with E-state index in [0.717, 1.165) is 24.3 Å². The normalized spacial score (nSPS) is 12.2. The zero-order valence-electron chi connectivity index (χ0n) is 11.1. The molecule has 0 saturated heterocycles. The summed E-state index contributed by atoms with van der Waals surface area (Å²) in [5.74, 6) is 0.902. The molecule has 94 valence electrons. The van der Waals surface area contributed by atoms with E-state index >= 15 is 0 Å². The summed E-state index contributed by atoms with van der Waals surface area (Å²) >= 11 is 0. The molecule has 0 radical (unpaired) electrons. The molecule has 0 aliphatic heterocycles. The minimum atomic E-state index is 0.394. The van der Waals surface area contributed by atoms with Crippen molar-refractivity contribution in [3.8, 4) is 5.75 Å². The molecule has 17 heavy (non-hydrogen) atoms. The van der Waals surface area contributed by atoms with Gasteiger partial charge in [-0.15, -0.1) is 0 Å². The highest BCUT2D eigenvalue weighted by molar-refractivity contribution is 5.29. The van der Waals surface area contributed by atoms with Gasteiger partial charge in [0.25, 0.3) is 0 Å². The monoisotopic (exact) mass is 233 g/mol. The van der Waals surface area contributed by atoms with Crippen LogP contribution in [0.4, 0.5) is 0 Å². The highest BCUT2D eigenvalue weighted by Gasteiger charge is 2.03. The molecule has 0 amide bonds. The van der Waals surface area contributed by atoms with Crippen molar-refractivity contribution in [2.75, 3.05) is 13.2 Å². The first kappa shape index (κ1) is 13.8. The Morgan fingerprint density at radius 2 is 2.00 bits per heavy atom. The summed E-state index contributed by atoms with van der Waals surface area (Å²) in [5.41, 5.74) is 2.33. The van der Waals surface area contributed by atoms with E-state index in [1.54, 1.807) is 0 Å². The summed E-state index contributed by atoms with van der Waals surface area (Å²) in [4.78, 5) is 0. The van der Waals surface area contributed by atoms with E-state index in [4.69, 9.17) is 4.74 Å². The average Bonchev–Trinajstić information content (AvgIpc) is 2.34. The van der Waals surface area contributed by atoms with Crippen molar-refractivity contribution in [3.05, 3.63) is 42.0 Å². The van der Waals surface area contributed by atoms with E-state index in [1.165, 1.54) is 5.56 Å².